The first-order chi connectivity index (χ1) is 9.60. The Kier molecular flexibility index (Phi) is 4.32. The maximum Gasteiger partial charge on any atom is 0.170 e. The topological polar surface area (TPSA) is 47.3 Å². The summed E-state index contributed by atoms with van der Waals surface area (Å²) >= 11 is 0. The number of nitrogens with one attached hydrogen (secondary N) is 1. The molecule has 0 saturated heterocycles. The van der Waals surface area contributed by atoms with Crippen molar-refractivity contribution in [2.75, 3.05) is 7.11 Å². The number of hydrogen-bond acceptors (Lipinski definition) is 3. The number of ether oxygens (including phenoxy) is 1. The SMILES string of the molecule is COc1cccc(C(NN)c2cccc(C)c2F)c1F. The summed E-state index contributed by atoms with van der Waals surface area (Å²) in [7, 11) is 1.38. The van der Waals surface area contributed by atoms with Crippen LogP contribution in [-0.2, 0) is 0 Å². The predicted octanol–water partition coefficient (Wildman–Crippen LogP) is 2.83. The van der Waals surface area contributed by atoms with E-state index in [-0.39, 0.29) is 11.3 Å². The Balaban J connectivity index is 2.56. The van der Waals surface area contributed by atoms with Crippen LogP contribution in [0.15, 0.2) is 36.4 Å². The van der Waals surface area contributed by atoms with Gasteiger partial charge in [0.15, 0.2) is 11.6 Å². The summed E-state index contributed by atoms with van der Waals surface area (Å²) in [4.78, 5) is 0. The number of hydrogen-bond donors (Lipinski definition) is 2. The zero-order valence-electron chi connectivity index (χ0n) is 11.3. The van der Waals surface area contributed by atoms with E-state index in [4.69, 9.17) is 10.6 Å². The molecule has 106 valence electrons. The van der Waals surface area contributed by atoms with E-state index in [2.05, 4.69) is 5.43 Å². The predicted molar refractivity (Wildman–Crippen MR) is 73.3 cm³/mol. The second-order valence-electron chi connectivity index (χ2n) is 4.44. The summed E-state index contributed by atoms with van der Waals surface area (Å²) in [6.07, 6.45) is 0. The van der Waals surface area contributed by atoms with Crippen molar-refractivity contribution in [3.05, 3.63) is 64.7 Å². The van der Waals surface area contributed by atoms with Crippen molar-refractivity contribution in [2.24, 2.45) is 5.84 Å². The maximum absolute atomic E-state index is 14.3. The van der Waals surface area contributed by atoms with Crippen molar-refractivity contribution in [3.63, 3.8) is 0 Å². The Hall–Kier alpha value is -1.98. The largest absolute Gasteiger partial charge is 0.494 e. The van der Waals surface area contributed by atoms with Gasteiger partial charge >= 0.3 is 0 Å². The third kappa shape index (κ3) is 2.50. The minimum atomic E-state index is -0.787. The number of hydrazine groups is 1. The number of methoxy groups -OCH3 is 1. The number of benzene rings is 2. The summed E-state index contributed by atoms with van der Waals surface area (Å²) in [5.41, 5.74) is 3.46. The van der Waals surface area contributed by atoms with Crippen LogP contribution in [-0.4, -0.2) is 7.11 Å². The molecule has 1 atom stereocenters. The van der Waals surface area contributed by atoms with E-state index in [9.17, 15) is 8.78 Å². The summed E-state index contributed by atoms with van der Waals surface area (Å²) in [5, 5.41) is 0. The van der Waals surface area contributed by atoms with E-state index in [1.54, 1.807) is 37.3 Å². The fourth-order valence-corrected chi connectivity index (χ4v) is 2.15. The fourth-order valence-electron chi connectivity index (χ4n) is 2.15. The van der Waals surface area contributed by atoms with Crippen molar-refractivity contribution in [1.29, 1.82) is 0 Å². The fraction of sp³-hybridized carbons (Fsp3) is 0.200. The molecular weight excluding hydrogens is 262 g/mol. The van der Waals surface area contributed by atoms with Gasteiger partial charge in [-0.3, -0.25) is 5.84 Å². The third-order valence-electron chi connectivity index (χ3n) is 3.22. The van der Waals surface area contributed by atoms with E-state index >= 15 is 0 Å². The average Bonchev–Trinajstić information content (AvgIpc) is 2.46. The van der Waals surface area contributed by atoms with E-state index in [0.29, 0.717) is 11.1 Å². The van der Waals surface area contributed by atoms with Crippen LogP contribution in [0.5, 0.6) is 5.75 Å². The maximum atomic E-state index is 14.3. The molecule has 2 rings (SSSR count). The molecule has 0 heterocycles. The van der Waals surface area contributed by atoms with E-state index in [1.165, 1.54) is 13.2 Å². The molecular formula is C15H16F2N2O. The lowest BCUT2D eigenvalue weighted by Gasteiger charge is -2.19. The molecule has 0 amide bonds. The van der Waals surface area contributed by atoms with Gasteiger partial charge in [0, 0.05) is 11.1 Å². The highest BCUT2D eigenvalue weighted by atomic mass is 19.1. The molecule has 20 heavy (non-hydrogen) atoms. The minimum Gasteiger partial charge on any atom is -0.494 e. The van der Waals surface area contributed by atoms with Gasteiger partial charge in [0.05, 0.1) is 13.2 Å². The van der Waals surface area contributed by atoms with Crippen LogP contribution in [0, 0.1) is 18.6 Å². The summed E-state index contributed by atoms with van der Waals surface area (Å²) in [6, 6.07) is 8.82. The number of halogens is 2. The van der Waals surface area contributed by atoms with Crippen molar-refractivity contribution < 1.29 is 13.5 Å². The number of rotatable bonds is 4. The first-order valence-electron chi connectivity index (χ1n) is 6.13. The summed E-state index contributed by atoms with van der Waals surface area (Å²) in [6.45, 7) is 1.65. The van der Waals surface area contributed by atoms with Gasteiger partial charge in [-0.2, -0.15) is 0 Å². The summed E-state index contributed by atoms with van der Waals surface area (Å²) in [5.74, 6) is 4.62. The van der Waals surface area contributed by atoms with Gasteiger partial charge in [-0.1, -0.05) is 30.3 Å². The zero-order valence-corrected chi connectivity index (χ0v) is 11.3. The molecule has 0 aliphatic carbocycles. The molecule has 5 heteroatoms. The van der Waals surface area contributed by atoms with Gasteiger partial charge in [0.25, 0.3) is 0 Å². The Labute approximate surface area is 116 Å². The molecule has 0 fully saturated rings. The monoisotopic (exact) mass is 278 g/mol. The first-order valence-corrected chi connectivity index (χ1v) is 6.13. The Morgan fingerprint density at radius 2 is 1.65 bits per heavy atom. The van der Waals surface area contributed by atoms with Gasteiger partial charge in [0.1, 0.15) is 5.82 Å². The highest BCUT2D eigenvalue weighted by Gasteiger charge is 2.22. The normalized spacial score (nSPS) is 12.2. The standard InChI is InChI=1S/C15H16F2N2O/c1-9-5-3-6-10(13(9)16)15(19-18)11-7-4-8-12(20-2)14(11)17/h3-8,15,19H,18H2,1-2H3. The number of nitrogens with two attached hydrogens (primary N) is 1. The van der Waals surface area contributed by atoms with Gasteiger partial charge < -0.3 is 4.74 Å². The molecule has 0 bridgehead atoms. The molecule has 3 nitrogen and oxygen atoms in total. The Morgan fingerprint density at radius 1 is 1.05 bits per heavy atom. The first kappa shape index (κ1) is 14.4. The second-order valence-corrected chi connectivity index (χ2v) is 4.44. The molecule has 0 saturated carbocycles. The zero-order chi connectivity index (χ0) is 14.7. The average molecular weight is 278 g/mol. The van der Waals surface area contributed by atoms with Crippen LogP contribution < -0.4 is 16.0 Å². The molecule has 0 spiro atoms. The van der Waals surface area contributed by atoms with Crippen molar-refractivity contribution in [2.45, 2.75) is 13.0 Å². The highest BCUT2D eigenvalue weighted by molar-refractivity contribution is 5.40. The second kappa shape index (κ2) is 5.98. The molecule has 1 unspecified atom stereocenters. The van der Waals surface area contributed by atoms with Crippen LogP contribution in [0.3, 0.4) is 0 Å². The lowest BCUT2D eigenvalue weighted by molar-refractivity contribution is 0.381. The summed E-state index contributed by atoms with van der Waals surface area (Å²) < 4.78 is 33.4. The minimum absolute atomic E-state index is 0.0933. The molecule has 0 aliphatic heterocycles. The van der Waals surface area contributed by atoms with Gasteiger partial charge in [-0.15, -0.1) is 0 Å². The van der Waals surface area contributed by atoms with Gasteiger partial charge in [-0.05, 0) is 18.6 Å². The quantitative estimate of drug-likeness (QED) is 0.668. The lowest BCUT2D eigenvalue weighted by atomic mass is 9.96. The van der Waals surface area contributed by atoms with Gasteiger partial charge in [-0.25, -0.2) is 14.2 Å². The molecule has 0 aliphatic rings. The van der Waals surface area contributed by atoms with Crippen LogP contribution in [0.4, 0.5) is 8.78 Å². The van der Waals surface area contributed by atoms with E-state index < -0.39 is 17.7 Å². The molecule has 3 N–H and O–H groups in total. The third-order valence-corrected chi connectivity index (χ3v) is 3.22. The molecule has 2 aromatic rings. The van der Waals surface area contributed by atoms with Crippen LogP contribution in [0.1, 0.15) is 22.7 Å². The van der Waals surface area contributed by atoms with Crippen LogP contribution in [0.2, 0.25) is 0 Å². The van der Waals surface area contributed by atoms with Crippen molar-refractivity contribution in [1.82, 2.24) is 5.43 Å². The highest BCUT2D eigenvalue weighted by Crippen LogP contribution is 2.30. The molecule has 2 aromatic carbocycles. The van der Waals surface area contributed by atoms with Crippen LogP contribution >= 0.6 is 0 Å². The molecule has 0 aromatic heterocycles. The molecule has 0 radical (unpaired) electrons. The Bertz CT molecular complexity index is 617. The van der Waals surface area contributed by atoms with E-state index in [1.807, 2.05) is 0 Å². The van der Waals surface area contributed by atoms with Crippen LogP contribution in [0.25, 0.3) is 0 Å². The Morgan fingerprint density at radius 3 is 2.25 bits per heavy atom. The van der Waals surface area contributed by atoms with Gasteiger partial charge in [0.2, 0.25) is 0 Å². The lowest BCUT2D eigenvalue weighted by Crippen LogP contribution is -2.30. The van der Waals surface area contributed by atoms with Crippen molar-refractivity contribution >= 4 is 0 Å². The van der Waals surface area contributed by atoms with E-state index in [0.717, 1.165) is 0 Å². The smallest absolute Gasteiger partial charge is 0.170 e. The number of aryl methyl sites for hydroxylation is 1. The van der Waals surface area contributed by atoms with Crippen molar-refractivity contribution in [3.8, 4) is 5.75 Å².